The van der Waals surface area contributed by atoms with E-state index in [0.29, 0.717) is 6.61 Å². The zero-order valence-corrected chi connectivity index (χ0v) is 16.8. The van der Waals surface area contributed by atoms with Crippen LogP contribution >= 0.6 is 11.6 Å². The molecular formula is C22H24ClN3O3. The Hall–Kier alpha value is -2.54. The first-order valence-electron chi connectivity index (χ1n) is 9.80. The van der Waals surface area contributed by atoms with Gasteiger partial charge in [0.2, 0.25) is 5.91 Å². The molecule has 2 aromatic carbocycles. The van der Waals surface area contributed by atoms with Crippen molar-refractivity contribution in [2.24, 2.45) is 0 Å². The van der Waals surface area contributed by atoms with Gasteiger partial charge in [-0.3, -0.25) is 10.0 Å². The molecular weight excluding hydrogens is 390 g/mol. The van der Waals surface area contributed by atoms with Crippen molar-refractivity contribution in [2.45, 2.75) is 32.4 Å². The molecule has 0 unspecified atom stereocenters. The topological polar surface area (TPSA) is 75.5 Å². The maximum atomic E-state index is 11.2. The second-order valence-corrected chi connectivity index (χ2v) is 7.66. The number of hydroxylamine groups is 1. The van der Waals surface area contributed by atoms with Crippen LogP contribution in [0.1, 0.15) is 23.2 Å². The molecule has 0 fully saturated rings. The molecule has 0 atom stereocenters. The number of nitrogens with one attached hydrogen (secondary N) is 2. The van der Waals surface area contributed by atoms with Crippen LogP contribution in [0.25, 0.3) is 10.9 Å². The standard InChI is InChI=1S/C22H24ClN3O3/c23-16-4-7-18-19-8-9-24-14-21(19)26(20(18)13-16)10-1-11-29-17-5-2-15(3-6-17)12-22(27)25-28/h2-7,13,24,28H,1,8-12,14H2,(H,25,27). The lowest BCUT2D eigenvalue weighted by atomic mass is 10.0. The van der Waals surface area contributed by atoms with Crippen LogP contribution in [0, 0.1) is 0 Å². The third kappa shape index (κ3) is 4.40. The molecule has 0 spiro atoms. The molecule has 1 aliphatic rings. The molecule has 2 heterocycles. The molecule has 29 heavy (non-hydrogen) atoms. The van der Waals surface area contributed by atoms with Gasteiger partial charge in [0.15, 0.2) is 0 Å². The average molecular weight is 414 g/mol. The Kier molecular flexibility index (Phi) is 6.04. The Morgan fingerprint density at radius 2 is 2.07 bits per heavy atom. The van der Waals surface area contributed by atoms with E-state index < -0.39 is 5.91 Å². The predicted molar refractivity (Wildman–Crippen MR) is 113 cm³/mol. The second-order valence-electron chi connectivity index (χ2n) is 7.22. The van der Waals surface area contributed by atoms with E-state index in [1.165, 1.54) is 22.2 Å². The largest absolute Gasteiger partial charge is 0.494 e. The molecule has 1 aromatic heterocycles. The number of hydrogen-bond acceptors (Lipinski definition) is 4. The van der Waals surface area contributed by atoms with Gasteiger partial charge < -0.3 is 14.6 Å². The maximum Gasteiger partial charge on any atom is 0.247 e. The zero-order valence-electron chi connectivity index (χ0n) is 16.1. The molecule has 1 amide bonds. The van der Waals surface area contributed by atoms with E-state index in [-0.39, 0.29) is 6.42 Å². The fourth-order valence-electron chi connectivity index (χ4n) is 3.94. The van der Waals surface area contributed by atoms with Gasteiger partial charge in [-0.25, -0.2) is 5.48 Å². The second kappa shape index (κ2) is 8.86. The number of carbonyl (C=O) groups excluding carboxylic acids is 1. The number of aryl methyl sites for hydroxylation is 1. The summed E-state index contributed by atoms with van der Waals surface area (Å²) in [5.74, 6) is 0.331. The molecule has 0 aliphatic carbocycles. The normalized spacial score (nSPS) is 13.3. The summed E-state index contributed by atoms with van der Waals surface area (Å²) in [4.78, 5) is 11.2. The summed E-state index contributed by atoms with van der Waals surface area (Å²) in [6, 6.07) is 13.5. The lowest BCUT2D eigenvalue weighted by Gasteiger charge is -2.17. The fourth-order valence-corrected chi connectivity index (χ4v) is 4.11. The van der Waals surface area contributed by atoms with Crippen molar-refractivity contribution >= 4 is 28.4 Å². The van der Waals surface area contributed by atoms with Crippen molar-refractivity contribution in [3.63, 3.8) is 0 Å². The number of fused-ring (bicyclic) bond motifs is 3. The first-order valence-corrected chi connectivity index (χ1v) is 10.2. The van der Waals surface area contributed by atoms with Crippen LogP contribution in [-0.2, 0) is 30.7 Å². The molecule has 0 bridgehead atoms. The molecule has 3 aromatic rings. The minimum Gasteiger partial charge on any atom is -0.494 e. The van der Waals surface area contributed by atoms with E-state index in [4.69, 9.17) is 21.5 Å². The molecule has 0 saturated heterocycles. The number of rotatable bonds is 7. The molecule has 0 saturated carbocycles. The zero-order chi connectivity index (χ0) is 20.2. The highest BCUT2D eigenvalue weighted by Crippen LogP contribution is 2.31. The Morgan fingerprint density at radius 1 is 1.24 bits per heavy atom. The lowest BCUT2D eigenvalue weighted by Crippen LogP contribution is -2.25. The number of hydrogen-bond donors (Lipinski definition) is 3. The Balaban J connectivity index is 1.39. The van der Waals surface area contributed by atoms with Gasteiger partial charge in [-0.1, -0.05) is 29.8 Å². The minimum absolute atomic E-state index is 0.138. The molecule has 0 radical (unpaired) electrons. The van der Waals surface area contributed by atoms with E-state index in [9.17, 15) is 4.79 Å². The number of benzene rings is 2. The number of halogens is 1. The molecule has 3 N–H and O–H groups in total. The highest BCUT2D eigenvalue weighted by molar-refractivity contribution is 6.31. The molecule has 7 heteroatoms. The van der Waals surface area contributed by atoms with E-state index in [0.717, 1.165) is 48.8 Å². The van der Waals surface area contributed by atoms with E-state index in [1.807, 2.05) is 30.3 Å². The predicted octanol–water partition coefficient (Wildman–Crippen LogP) is 3.46. The number of nitrogens with zero attached hydrogens (tertiary/aromatic N) is 1. The molecule has 6 nitrogen and oxygen atoms in total. The number of ether oxygens (including phenoxy) is 1. The van der Waals surface area contributed by atoms with Crippen molar-refractivity contribution in [2.75, 3.05) is 13.2 Å². The van der Waals surface area contributed by atoms with Crippen molar-refractivity contribution in [3.8, 4) is 5.75 Å². The summed E-state index contributed by atoms with van der Waals surface area (Å²) in [5.41, 5.74) is 6.42. The van der Waals surface area contributed by atoms with Gasteiger partial charge in [0.05, 0.1) is 18.5 Å². The molecule has 1 aliphatic heterocycles. The van der Waals surface area contributed by atoms with Crippen molar-refractivity contribution in [1.29, 1.82) is 0 Å². The Labute approximate surface area is 174 Å². The van der Waals surface area contributed by atoms with Crippen LogP contribution in [0.3, 0.4) is 0 Å². The summed E-state index contributed by atoms with van der Waals surface area (Å²) in [7, 11) is 0. The number of carbonyl (C=O) groups is 1. The monoisotopic (exact) mass is 413 g/mol. The quantitative estimate of drug-likeness (QED) is 0.315. The fraction of sp³-hybridized carbons (Fsp3) is 0.318. The highest BCUT2D eigenvalue weighted by Gasteiger charge is 2.19. The summed E-state index contributed by atoms with van der Waals surface area (Å²) in [6.07, 6.45) is 2.05. The van der Waals surface area contributed by atoms with E-state index in [2.05, 4.69) is 22.0 Å². The average Bonchev–Trinajstić information content (AvgIpc) is 3.05. The van der Waals surface area contributed by atoms with Crippen LogP contribution in [-0.4, -0.2) is 28.8 Å². The molecule has 152 valence electrons. The Morgan fingerprint density at radius 3 is 2.86 bits per heavy atom. The summed E-state index contributed by atoms with van der Waals surface area (Å²) in [6.45, 7) is 3.35. The van der Waals surface area contributed by atoms with Gasteiger partial charge in [-0.2, -0.15) is 0 Å². The summed E-state index contributed by atoms with van der Waals surface area (Å²) >= 11 is 6.26. The Bertz CT molecular complexity index is 1010. The highest BCUT2D eigenvalue weighted by atomic mass is 35.5. The van der Waals surface area contributed by atoms with Gasteiger partial charge in [0.25, 0.3) is 0 Å². The smallest absolute Gasteiger partial charge is 0.247 e. The van der Waals surface area contributed by atoms with Crippen molar-refractivity contribution in [3.05, 3.63) is 64.3 Å². The SMILES string of the molecule is O=C(Cc1ccc(OCCCn2c3c(c4ccc(Cl)cc42)CCNC3)cc1)NO. The van der Waals surface area contributed by atoms with Crippen molar-refractivity contribution in [1.82, 2.24) is 15.4 Å². The van der Waals surface area contributed by atoms with Crippen LogP contribution < -0.4 is 15.5 Å². The minimum atomic E-state index is -0.435. The van der Waals surface area contributed by atoms with Gasteiger partial charge in [0, 0.05) is 29.2 Å². The number of aromatic nitrogens is 1. The van der Waals surface area contributed by atoms with Gasteiger partial charge >= 0.3 is 0 Å². The third-order valence-corrected chi connectivity index (χ3v) is 5.54. The summed E-state index contributed by atoms with van der Waals surface area (Å²) in [5, 5.41) is 14.1. The van der Waals surface area contributed by atoms with E-state index >= 15 is 0 Å². The number of amides is 1. The maximum absolute atomic E-state index is 11.2. The third-order valence-electron chi connectivity index (χ3n) is 5.30. The van der Waals surface area contributed by atoms with Crippen LogP contribution in [0.4, 0.5) is 0 Å². The first kappa shape index (κ1) is 19.8. The summed E-state index contributed by atoms with van der Waals surface area (Å²) < 4.78 is 8.23. The van der Waals surface area contributed by atoms with Crippen LogP contribution in [0.5, 0.6) is 5.75 Å². The van der Waals surface area contributed by atoms with Crippen LogP contribution in [0.15, 0.2) is 42.5 Å². The molecule has 4 rings (SSSR count). The van der Waals surface area contributed by atoms with Gasteiger partial charge in [-0.15, -0.1) is 0 Å². The van der Waals surface area contributed by atoms with Gasteiger partial charge in [-0.05, 0) is 54.8 Å². The first-order chi connectivity index (χ1) is 14.2. The van der Waals surface area contributed by atoms with Crippen molar-refractivity contribution < 1.29 is 14.7 Å². The lowest BCUT2D eigenvalue weighted by molar-refractivity contribution is -0.128. The van der Waals surface area contributed by atoms with Crippen LogP contribution in [0.2, 0.25) is 5.02 Å². The van der Waals surface area contributed by atoms with Gasteiger partial charge in [0.1, 0.15) is 5.75 Å². The van der Waals surface area contributed by atoms with E-state index in [1.54, 1.807) is 5.48 Å².